The topological polar surface area (TPSA) is 49.4 Å². The molecule has 0 atom stereocenters. The minimum absolute atomic E-state index is 0.0606. The Morgan fingerprint density at radius 3 is 2.16 bits per heavy atom. The van der Waals surface area contributed by atoms with E-state index in [4.69, 9.17) is 0 Å². The molecule has 3 aromatic rings. The highest BCUT2D eigenvalue weighted by Gasteiger charge is 2.41. The van der Waals surface area contributed by atoms with Gasteiger partial charge in [0, 0.05) is 11.8 Å². The van der Waals surface area contributed by atoms with E-state index in [-0.39, 0.29) is 16.8 Å². The standard InChI is InChI=1S/C24H17F3N2O2/c1-13-3-4-14(2)19(11-13)28-22-21(15-5-7-16(25)8-6-15)23(30)29(24(22)31)20-12-17(26)9-10-18(20)27/h3-12,28H,1-2H3. The smallest absolute Gasteiger partial charge is 0.282 e. The lowest BCUT2D eigenvalue weighted by molar-refractivity contribution is -0.120. The third kappa shape index (κ3) is 3.70. The molecule has 4 rings (SSSR count). The summed E-state index contributed by atoms with van der Waals surface area (Å²) in [7, 11) is 0. The molecule has 7 heteroatoms. The highest BCUT2D eigenvalue weighted by molar-refractivity contribution is 6.46. The molecule has 0 radical (unpaired) electrons. The Morgan fingerprint density at radius 1 is 0.774 bits per heavy atom. The molecule has 1 aliphatic heterocycles. The van der Waals surface area contributed by atoms with Gasteiger partial charge in [-0.1, -0.05) is 24.3 Å². The van der Waals surface area contributed by atoms with E-state index in [0.29, 0.717) is 10.6 Å². The van der Waals surface area contributed by atoms with Crippen LogP contribution in [-0.2, 0) is 9.59 Å². The Labute approximate surface area is 176 Å². The first-order valence-electron chi connectivity index (χ1n) is 9.44. The van der Waals surface area contributed by atoms with E-state index in [9.17, 15) is 22.8 Å². The predicted octanol–water partition coefficient (Wildman–Crippen LogP) is 5.12. The second kappa shape index (κ2) is 7.75. The molecule has 4 nitrogen and oxygen atoms in total. The van der Waals surface area contributed by atoms with Gasteiger partial charge in [-0.05, 0) is 60.9 Å². The predicted molar refractivity (Wildman–Crippen MR) is 112 cm³/mol. The first-order valence-corrected chi connectivity index (χ1v) is 9.44. The molecule has 0 aliphatic carbocycles. The van der Waals surface area contributed by atoms with Gasteiger partial charge in [0.1, 0.15) is 23.1 Å². The van der Waals surface area contributed by atoms with E-state index in [0.717, 1.165) is 41.5 Å². The number of halogens is 3. The number of hydrogen-bond donors (Lipinski definition) is 1. The van der Waals surface area contributed by atoms with Gasteiger partial charge in [-0.3, -0.25) is 9.59 Å². The molecule has 31 heavy (non-hydrogen) atoms. The van der Waals surface area contributed by atoms with Crippen LogP contribution in [0.2, 0.25) is 0 Å². The maximum atomic E-state index is 14.4. The lowest BCUT2D eigenvalue weighted by Crippen LogP contribution is -2.33. The number of aryl methyl sites for hydroxylation is 2. The molecule has 1 N–H and O–H groups in total. The second-order valence-corrected chi connectivity index (χ2v) is 7.24. The van der Waals surface area contributed by atoms with E-state index in [1.165, 1.54) is 12.1 Å². The molecule has 156 valence electrons. The van der Waals surface area contributed by atoms with Crippen molar-refractivity contribution in [1.29, 1.82) is 0 Å². The highest BCUT2D eigenvalue weighted by atomic mass is 19.1. The first kappa shape index (κ1) is 20.4. The van der Waals surface area contributed by atoms with Gasteiger partial charge in [-0.15, -0.1) is 0 Å². The normalized spacial score (nSPS) is 13.9. The number of nitrogens with zero attached hydrogens (tertiary/aromatic N) is 1. The number of anilines is 2. The van der Waals surface area contributed by atoms with Gasteiger partial charge in [0.25, 0.3) is 11.8 Å². The van der Waals surface area contributed by atoms with E-state index < -0.39 is 35.0 Å². The van der Waals surface area contributed by atoms with E-state index in [1.807, 2.05) is 26.0 Å². The highest BCUT2D eigenvalue weighted by Crippen LogP contribution is 2.35. The van der Waals surface area contributed by atoms with Crippen molar-refractivity contribution >= 4 is 28.8 Å². The number of rotatable bonds is 4. The first-order chi connectivity index (χ1) is 14.8. The SMILES string of the molecule is Cc1ccc(C)c(NC2=C(c3ccc(F)cc3)C(=O)N(c3cc(F)ccc3F)C2=O)c1. The summed E-state index contributed by atoms with van der Waals surface area (Å²) in [5.74, 6) is -3.91. The fraction of sp³-hybridized carbons (Fsp3) is 0.0833. The van der Waals surface area contributed by atoms with E-state index >= 15 is 0 Å². The third-order valence-electron chi connectivity index (χ3n) is 5.02. The van der Waals surface area contributed by atoms with Crippen LogP contribution in [0.4, 0.5) is 24.5 Å². The minimum Gasteiger partial charge on any atom is -0.350 e. The number of hydrogen-bond acceptors (Lipinski definition) is 3. The van der Waals surface area contributed by atoms with Crippen molar-refractivity contribution in [2.24, 2.45) is 0 Å². The quantitative estimate of drug-likeness (QED) is 0.594. The molecule has 1 heterocycles. The van der Waals surface area contributed by atoms with Crippen LogP contribution in [0, 0.1) is 31.3 Å². The van der Waals surface area contributed by atoms with Crippen LogP contribution in [0.3, 0.4) is 0 Å². The summed E-state index contributed by atoms with van der Waals surface area (Å²) in [4.78, 5) is 27.1. The fourth-order valence-corrected chi connectivity index (χ4v) is 3.41. The maximum Gasteiger partial charge on any atom is 0.282 e. The Bertz CT molecular complexity index is 1250. The van der Waals surface area contributed by atoms with Gasteiger partial charge in [-0.2, -0.15) is 0 Å². The lowest BCUT2D eigenvalue weighted by atomic mass is 10.0. The van der Waals surface area contributed by atoms with Crippen LogP contribution >= 0.6 is 0 Å². The van der Waals surface area contributed by atoms with E-state index in [2.05, 4.69) is 5.32 Å². The average molecular weight is 422 g/mol. The van der Waals surface area contributed by atoms with Crippen molar-refractivity contribution < 1.29 is 22.8 Å². The molecular formula is C24H17F3N2O2. The zero-order chi connectivity index (χ0) is 22.3. The van der Waals surface area contributed by atoms with Crippen LogP contribution in [0.15, 0.2) is 66.4 Å². The van der Waals surface area contributed by atoms with Crippen molar-refractivity contribution in [3.8, 4) is 0 Å². The number of amides is 2. The van der Waals surface area contributed by atoms with Gasteiger partial charge in [0.05, 0.1) is 11.3 Å². The molecule has 0 fully saturated rings. The molecule has 0 spiro atoms. The van der Waals surface area contributed by atoms with Crippen LogP contribution in [0.5, 0.6) is 0 Å². The van der Waals surface area contributed by atoms with Crippen LogP contribution in [0.25, 0.3) is 5.57 Å². The van der Waals surface area contributed by atoms with Crippen molar-refractivity contribution in [2.75, 3.05) is 10.2 Å². The average Bonchev–Trinajstić information content (AvgIpc) is 2.97. The Morgan fingerprint density at radius 2 is 1.45 bits per heavy atom. The van der Waals surface area contributed by atoms with Crippen molar-refractivity contribution in [1.82, 2.24) is 0 Å². The van der Waals surface area contributed by atoms with E-state index in [1.54, 1.807) is 6.07 Å². The number of carbonyl (C=O) groups is 2. The molecule has 0 aromatic heterocycles. The number of benzene rings is 3. The van der Waals surface area contributed by atoms with Gasteiger partial charge in [0.2, 0.25) is 0 Å². The van der Waals surface area contributed by atoms with Crippen molar-refractivity contribution in [3.63, 3.8) is 0 Å². The molecule has 1 aliphatic rings. The molecular weight excluding hydrogens is 405 g/mol. The zero-order valence-corrected chi connectivity index (χ0v) is 16.7. The second-order valence-electron chi connectivity index (χ2n) is 7.24. The van der Waals surface area contributed by atoms with Crippen molar-refractivity contribution in [2.45, 2.75) is 13.8 Å². The summed E-state index contributed by atoms with van der Waals surface area (Å²) >= 11 is 0. The zero-order valence-electron chi connectivity index (χ0n) is 16.7. The fourth-order valence-electron chi connectivity index (χ4n) is 3.41. The molecule has 0 saturated carbocycles. The van der Waals surface area contributed by atoms with Crippen LogP contribution < -0.4 is 10.2 Å². The maximum absolute atomic E-state index is 14.4. The number of imide groups is 1. The molecule has 0 bridgehead atoms. The molecule has 0 saturated heterocycles. The summed E-state index contributed by atoms with van der Waals surface area (Å²) in [5, 5.41) is 2.98. The monoisotopic (exact) mass is 422 g/mol. The summed E-state index contributed by atoms with van der Waals surface area (Å²) in [6.07, 6.45) is 0. The molecule has 3 aromatic carbocycles. The summed E-state index contributed by atoms with van der Waals surface area (Å²) in [6, 6.07) is 13.1. The van der Waals surface area contributed by atoms with Gasteiger partial charge < -0.3 is 5.32 Å². The minimum atomic E-state index is -0.922. The third-order valence-corrected chi connectivity index (χ3v) is 5.02. The Balaban J connectivity index is 1.88. The lowest BCUT2D eigenvalue weighted by Gasteiger charge is -2.16. The summed E-state index contributed by atoms with van der Waals surface area (Å²) in [5.41, 5.74) is 1.93. The summed E-state index contributed by atoms with van der Waals surface area (Å²) in [6.45, 7) is 3.70. The van der Waals surface area contributed by atoms with Crippen LogP contribution in [0.1, 0.15) is 16.7 Å². The van der Waals surface area contributed by atoms with Crippen LogP contribution in [-0.4, -0.2) is 11.8 Å². The number of nitrogens with one attached hydrogen (secondary N) is 1. The van der Waals surface area contributed by atoms with Gasteiger partial charge in [-0.25, -0.2) is 18.1 Å². The van der Waals surface area contributed by atoms with Crippen molar-refractivity contribution in [3.05, 3.63) is 101 Å². The largest absolute Gasteiger partial charge is 0.350 e. The Kier molecular flexibility index (Phi) is 5.10. The molecule has 2 amide bonds. The summed E-state index contributed by atoms with van der Waals surface area (Å²) < 4.78 is 41.6. The van der Waals surface area contributed by atoms with Gasteiger partial charge in [0.15, 0.2) is 0 Å². The molecule has 0 unspecified atom stereocenters. The van der Waals surface area contributed by atoms with Gasteiger partial charge >= 0.3 is 0 Å². The Hall–Kier alpha value is -3.87. The number of carbonyl (C=O) groups excluding carboxylic acids is 2.